The molecule has 0 radical (unpaired) electrons. The maximum Gasteiger partial charge on any atom is 0.399 e. The van der Waals surface area contributed by atoms with Gasteiger partial charge in [0.1, 0.15) is 0 Å². The SMILES string of the molecule is Cc1ccc(C(C=Cc2ccc(C(=O)O)c(Br)c2)C(F)(F)F)cc1Cl. The van der Waals surface area contributed by atoms with E-state index in [1.54, 1.807) is 13.0 Å². The lowest BCUT2D eigenvalue weighted by molar-refractivity contribution is -0.139. The number of allylic oxidation sites excluding steroid dienone is 1. The van der Waals surface area contributed by atoms with Crippen molar-refractivity contribution in [1.29, 1.82) is 0 Å². The van der Waals surface area contributed by atoms with Gasteiger partial charge in [-0.15, -0.1) is 0 Å². The zero-order valence-corrected chi connectivity index (χ0v) is 15.3. The molecule has 0 aromatic heterocycles. The molecule has 0 aliphatic carbocycles. The van der Waals surface area contributed by atoms with Gasteiger partial charge in [0.05, 0.1) is 11.5 Å². The predicted octanol–water partition coefficient (Wildman–Crippen LogP) is 6.47. The number of aryl methyl sites for hydroxylation is 1. The first-order valence-electron chi connectivity index (χ1n) is 7.13. The van der Waals surface area contributed by atoms with Gasteiger partial charge in [0.2, 0.25) is 0 Å². The Labute approximate surface area is 156 Å². The highest BCUT2D eigenvalue weighted by Gasteiger charge is 2.39. The van der Waals surface area contributed by atoms with Gasteiger partial charge in [-0.3, -0.25) is 0 Å². The molecule has 0 bridgehead atoms. The predicted molar refractivity (Wildman–Crippen MR) is 95.1 cm³/mol. The minimum absolute atomic E-state index is 0.0369. The Balaban J connectivity index is 2.37. The van der Waals surface area contributed by atoms with Gasteiger partial charge in [0.25, 0.3) is 0 Å². The van der Waals surface area contributed by atoms with Crippen LogP contribution in [-0.2, 0) is 0 Å². The molecule has 1 N–H and O–H groups in total. The van der Waals surface area contributed by atoms with Crippen LogP contribution in [0.25, 0.3) is 6.08 Å². The second-order valence-electron chi connectivity index (χ2n) is 5.43. The van der Waals surface area contributed by atoms with E-state index in [1.165, 1.54) is 36.4 Å². The maximum absolute atomic E-state index is 13.4. The normalized spacial score (nSPS) is 13.2. The molecular formula is C18H13BrClF3O2. The fourth-order valence-electron chi connectivity index (χ4n) is 2.23. The zero-order chi connectivity index (χ0) is 18.8. The molecule has 2 aromatic carbocycles. The first-order valence-corrected chi connectivity index (χ1v) is 8.30. The van der Waals surface area contributed by atoms with E-state index in [9.17, 15) is 18.0 Å². The van der Waals surface area contributed by atoms with Crippen LogP contribution in [0, 0.1) is 6.92 Å². The Morgan fingerprint density at radius 3 is 2.44 bits per heavy atom. The standard InChI is InChI=1S/C18H13BrClF3O2/c1-10-2-5-12(9-16(10)20)14(18(21,22)23)7-4-11-3-6-13(17(24)25)15(19)8-11/h2-9,14H,1H3,(H,24,25). The molecular weight excluding hydrogens is 421 g/mol. The molecule has 25 heavy (non-hydrogen) atoms. The molecule has 7 heteroatoms. The Kier molecular flexibility index (Phi) is 5.95. The van der Waals surface area contributed by atoms with Crippen LogP contribution in [0.1, 0.15) is 33.0 Å². The van der Waals surface area contributed by atoms with E-state index in [0.717, 1.165) is 6.08 Å². The van der Waals surface area contributed by atoms with Crippen LogP contribution in [0.2, 0.25) is 5.02 Å². The number of hydrogen-bond donors (Lipinski definition) is 1. The lowest BCUT2D eigenvalue weighted by Crippen LogP contribution is -2.18. The molecule has 0 saturated carbocycles. The quantitative estimate of drug-likeness (QED) is 0.600. The monoisotopic (exact) mass is 432 g/mol. The maximum atomic E-state index is 13.4. The molecule has 2 rings (SSSR count). The van der Waals surface area contributed by atoms with E-state index < -0.39 is 18.1 Å². The van der Waals surface area contributed by atoms with E-state index in [-0.39, 0.29) is 16.1 Å². The summed E-state index contributed by atoms with van der Waals surface area (Å²) in [5.74, 6) is -2.94. The number of rotatable bonds is 4. The number of halogens is 5. The summed E-state index contributed by atoms with van der Waals surface area (Å²) in [7, 11) is 0. The van der Waals surface area contributed by atoms with Gasteiger partial charge in [-0.1, -0.05) is 42.0 Å². The highest BCUT2D eigenvalue weighted by atomic mass is 79.9. The van der Waals surface area contributed by atoms with Gasteiger partial charge >= 0.3 is 12.1 Å². The summed E-state index contributed by atoms with van der Waals surface area (Å²) in [5, 5.41) is 9.24. The number of hydrogen-bond acceptors (Lipinski definition) is 1. The molecule has 0 spiro atoms. The van der Waals surface area contributed by atoms with Crippen molar-refractivity contribution in [3.05, 3.63) is 74.2 Å². The lowest BCUT2D eigenvalue weighted by atomic mass is 9.96. The van der Waals surface area contributed by atoms with Crippen LogP contribution < -0.4 is 0 Å². The Hall–Kier alpha value is -1.79. The summed E-state index contributed by atoms with van der Waals surface area (Å²) in [6.07, 6.45) is -2.14. The molecule has 0 fully saturated rings. The third kappa shape index (κ3) is 4.86. The van der Waals surface area contributed by atoms with E-state index >= 15 is 0 Å². The first-order chi connectivity index (χ1) is 11.6. The fourth-order valence-corrected chi connectivity index (χ4v) is 2.98. The zero-order valence-electron chi connectivity index (χ0n) is 12.9. The number of carboxylic acid groups (broad SMARTS) is 1. The third-order valence-corrected chi connectivity index (χ3v) is 4.68. The molecule has 0 aliphatic rings. The van der Waals surface area contributed by atoms with E-state index in [4.69, 9.17) is 16.7 Å². The number of aromatic carboxylic acids is 1. The first kappa shape index (κ1) is 19.5. The van der Waals surface area contributed by atoms with Crippen molar-refractivity contribution in [3.8, 4) is 0 Å². The summed E-state index contributed by atoms with van der Waals surface area (Å²) in [6.45, 7) is 1.71. The van der Waals surface area contributed by atoms with Crippen molar-refractivity contribution in [2.45, 2.75) is 19.0 Å². The van der Waals surface area contributed by atoms with Crippen molar-refractivity contribution >= 4 is 39.6 Å². The van der Waals surface area contributed by atoms with Gasteiger partial charge in [-0.2, -0.15) is 13.2 Å². The van der Waals surface area contributed by atoms with Crippen molar-refractivity contribution < 1.29 is 23.1 Å². The Bertz CT molecular complexity index is 832. The molecule has 1 atom stereocenters. The molecule has 0 aliphatic heterocycles. The smallest absolute Gasteiger partial charge is 0.399 e. The second kappa shape index (κ2) is 7.62. The van der Waals surface area contributed by atoms with Crippen LogP contribution >= 0.6 is 27.5 Å². The van der Waals surface area contributed by atoms with Crippen LogP contribution in [-0.4, -0.2) is 17.3 Å². The van der Waals surface area contributed by atoms with E-state index in [1.807, 2.05) is 0 Å². The van der Waals surface area contributed by atoms with Gasteiger partial charge in [-0.05, 0) is 57.7 Å². The second-order valence-corrected chi connectivity index (χ2v) is 6.69. The number of alkyl halides is 3. The van der Waals surface area contributed by atoms with Gasteiger partial charge in [-0.25, -0.2) is 4.79 Å². The summed E-state index contributed by atoms with van der Waals surface area (Å²) < 4.78 is 40.5. The molecule has 0 amide bonds. The van der Waals surface area contributed by atoms with Gasteiger partial charge in [0.15, 0.2) is 0 Å². The fraction of sp³-hybridized carbons (Fsp3) is 0.167. The summed E-state index contributed by atoms with van der Waals surface area (Å²) in [5.41, 5.74) is 1.23. The Morgan fingerprint density at radius 2 is 1.92 bits per heavy atom. The average Bonchev–Trinajstić information content (AvgIpc) is 2.49. The summed E-state index contributed by atoms with van der Waals surface area (Å²) in [6, 6.07) is 8.48. The highest BCUT2D eigenvalue weighted by molar-refractivity contribution is 9.10. The van der Waals surface area contributed by atoms with Crippen molar-refractivity contribution in [2.24, 2.45) is 0 Å². The summed E-state index contributed by atoms with van der Waals surface area (Å²) >= 11 is 9.04. The molecule has 132 valence electrons. The molecule has 2 aromatic rings. The van der Waals surface area contributed by atoms with Crippen LogP contribution in [0.3, 0.4) is 0 Å². The average molecular weight is 434 g/mol. The van der Waals surface area contributed by atoms with E-state index in [0.29, 0.717) is 15.6 Å². The number of benzene rings is 2. The molecule has 0 heterocycles. The highest BCUT2D eigenvalue weighted by Crippen LogP contribution is 2.38. The van der Waals surface area contributed by atoms with Crippen molar-refractivity contribution in [3.63, 3.8) is 0 Å². The van der Waals surface area contributed by atoms with Gasteiger partial charge < -0.3 is 5.11 Å². The number of carboxylic acids is 1. The van der Waals surface area contributed by atoms with E-state index in [2.05, 4.69) is 15.9 Å². The minimum atomic E-state index is -4.48. The van der Waals surface area contributed by atoms with Crippen LogP contribution in [0.4, 0.5) is 13.2 Å². The van der Waals surface area contributed by atoms with Crippen LogP contribution in [0.5, 0.6) is 0 Å². The molecule has 0 saturated heterocycles. The Morgan fingerprint density at radius 1 is 1.24 bits per heavy atom. The van der Waals surface area contributed by atoms with Crippen molar-refractivity contribution in [2.75, 3.05) is 0 Å². The third-order valence-electron chi connectivity index (χ3n) is 3.61. The van der Waals surface area contributed by atoms with Crippen molar-refractivity contribution in [1.82, 2.24) is 0 Å². The topological polar surface area (TPSA) is 37.3 Å². The van der Waals surface area contributed by atoms with Crippen LogP contribution in [0.15, 0.2) is 46.9 Å². The minimum Gasteiger partial charge on any atom is -0.478 e. The van der Waals surface area contributed by atoms with Gasteiger partial charge in [0, 0.05) is 9.50 Å². The number of carbonyl (C=O) groups is 1. The molecule has 1 unspecified atom stereocenters. The molecule has 2 nitrogen and oxygen atoms in total. The lowest BCUT2D eigenvalue weighted by Gasteiger charge is -2.18. The largest absolute Gasteiger partial charge is 0.478 e. The summed E-state index contributed by atoms with van der Waals surface area (Å²) in [4.78, 5) is 11.0.